The van der Waals surface area contributed by atoms with Crippen molar-refractivity contribution < 1.29 is 10.2 Å². The predicted octanol–water partition coefficient (Wildman–Crippen LogP) is 7.23. The van der Waals surface area contributed by atoms with E-state index in [4.69, 9.17) is 0 Å². The van der Waals surface area contributed by atoms with Crippen molar-refractivity contribution in [3.63, 3.8) is 0 Å². The minimum Gasteiger partial charge on any atom is -0.388 e. The molecule has 7 atom stereocenters. The Morgan fingerprint density at radius 1 is 1.06 bits per heavy atom. The first-order valence-corrected chi connectivity index (χ1v) is 12.9. The van der Waals surface area contributed by atoms with Crippen molar-refractivity contribution in [2.24, 2.45) is 34.5 Å². The van der Waals surface area contributed by atoms with E-state index in [-0.39, 0.29) is 0 Å². The summed E-state index contributed by atoms with van der Waals surface area (Å²) in [6.07, 6.45) is 13.9. The van der Waals surface area contributed by atoms with E-state index in [0.717, 1.165) is 23.3 Å². The minimum absolute atomic E-state index is 0.405. The first kappa shape index (κ1) is 24.8. The average Bonchev–Trinajstić information content (AvgIpc) is 3.05. The van der Waals surface area contributed by atoms with Crippen LogP contribution >= 0.6 is 0 Å². The predicted molar refractivity (Wildman–Crippen MR) is 132 cm³/mol. The quantitative estimate of drug-likeness (QED) is 0.454. The van der Waals surface area contributed by atoms with Crippen molar-refractivity contribution >= 4 is 0 Å². The molecule has 0 bridgehead atoms. The second-order valence-electron chi connectivity index (χ2n) is 12.5. The maximum Gasteiger partial charge on any atom is 0.0809 e. The normalized spacial score (nSPS) is 37.6. The first-order chi connectivity index (χ1) is 14.4. The van der Waals surface area contributed by atoms with Crippen LogP contribution in [0.25, 0.3) is 0 Å². The molecule has 0 amide bonds. The Balaban J connectivity index is 1.68. The van der Waals surface area contributed by atoms with Crippen LogP contribution in [0, 0.1) is 34.5 Å². The highest BCUT2D eigenvalue weighted by Gasteiger charge is 2.50. The van der Waals surface area contributed by atoms with Gasteiger partial charge in [0.15, 0.2) is 0 Å². The van der Waals surface area contributed by atoms with Crippen molar-refractivity contribution in [2.75, 3.05) is 0 Å². The van der Waals surface area contributed by atoms with E-state index in [9.17, 15) is 10.2 Å². The van der Waals surface area contributed by atoms with Crippen LogP contribution < -0.4 is 0 Å². The van der Waals surface area contributed by atoms with Crippen molar-refractivity contribution in [3.8, 4) is 0 Å². The summed E-state index contributed by atoms with van der Waals surface area (Å²) in [7, 11) is 0. The summed E-state index contributed by atoms with van der Waals surface area (Å²) in [4.78, 5) is 0. The van der Waals surface area contributed by atoms with Crippen LogP contribution in [0.3, 0.4) is 0 Å². The van der Waals surface area contributed by atoms with Crippen LogP contribution in [0.15, 0.2) is 35.5 Å². The molecular weight excluding hydrogens is 380 g/mol. The molecule has 3 aliphatic carbocycles. The van der Waals surface area contributed by atoms with Gasteiger partial charge in [-0.1, -0.05) is 77.8 Å². The number of aliphatic hydroxyl groups excluding tert-OH is 2. The highest BCUT2D eigenvalue weighted by Crippen LogP contribution is 2.60. The molecule has 0 spiro atoms. The Morgan fingerprint density at radius 2 is 1.71 bits per heavy atom. The van der Waals surface area contributed by atoms with E-state index in [2.05, 4.69) is 60.3 Å². The van der Waals surface area contributed by atoms with Crippen LogP contribution in [0.1, 0.15) is 99.3 Å². The molecule has 0 radical (unpaired) electrons. The van der Waals surface area contributed by atoms with Crippen LogP contribution in [0.4, 0.5) is 0 Å². The van der Waals surface area contributed by atoms with Gasteiger partial charge in [0.05, 0.1) is 12.2 Å². The van der Waals surface area contributed by atoms with E-state index >= 15 is 0 Å². The van der Waals surface area contributed by atoms with E-state index in [1.54, 1.807) is 5.57 Å². The molecule has 3 saturated carbocycles. The van der Waals surface area contributed by atoms with Crippen molar-refractivity contribution in [2.45, 2.75) is 112 Å². The van der Waals surface area contributed by atoms with Crippen LogP contribution in [0.2, 0.25) is 0 Å². The van der Waals surface area contributed by atoms with E-state index in [0.29, 0.717) is 35.2 Å². The first-order valence-electron chi connectivity index (χ1n) is 12.9. The second kappa shape index (κ2) is 9.56. The molecule has 3 fully saturated rings. The van der Waals surface area contributed by atoms with Crippen LogP contribution in [-0.4, -0.2) is 22.4 Å². The summed E-state index contributed by atoms with van der Waals surface area (Å²) >= 11 is 0. The smallest absolute Gasteiger partial charge is 0.0809 e. The molecule has 0 aromatic rings. The minimum atomic E-state index is -0.600. The van der Waals surface area contributed by atoms with Gasteiger partial charge in [0.1, 0.15) is 0 Å². The van der Waals surface area contributed by atoms with Crippen molar-refractivity contribution in [1.29, 1.82) is 0 Å². The molecule has 2 N–H and O–H groups in total. The van der Waals surface area contributed by atoms with Gasteiger partial charge in [-0.15, -0.1) is 0 Å². The third-order valence-electron chi connectivity index (χ3n) is 9.56. The highest BCUT2D eigenvalue weighted by molar-refractivity contribution is 5.29. The number of rotatable bonds is 5. The van der Waals surface area contributed by atoms with Crippen LogP contribution in [-0.2, 0) is 0 Å². The maximum absolute atomic E-state index is 10.2. The van der Waals surface area contributed by atoms with Gasteiger partial charge in [0.2, 0.25) is 0 Å². The number of hydrogen-bond acceptors (Lipinski definition) is 2. The third kappa shape index (κ3) is 5.38. The Labute approximate surface area is 191 Å². The summed E-state index contributed by atoms with van der Waals surface area (Å²) in [5.74, 6) is 3.11. The number of fused-ring (bicyclic) bond motifs is 1. The summed E-state index contributed by atoms with van der Waals surface area (Å²) in [5, 5.41) is 20.3. The van der Waals surface area contributed by atoms with Crippen molar-refractivity contribution in [3.05, 3.63) is 35.5 Å². The zero-order valence-corrected chi connectivity index (χ0v) is 21.1. The van der Waals surface area contributed by atoms with E-state index in [1.807, 2.05) is 0 Å². The largest absolute Gasteiger partial charge is 0.388 e. The molecule has 3 aliphatic rings. The lowest BCUT2D eigenvalue weighted by atomic mass is 9.60. The third-order valence-corrected chi connectivity index (χ3v) is 9.56. The zero-order chi connectivity index (χ0) is 23.0. The lowest BCUT2D eigenvalue weighted by molar-refractivity contribution is 0.0882. The Bertz CT molecular complexity index is 693. The van der Waals surface area contributed by atoms with Gasteiger partial charge in [-0.2, -0.15) is 0 Å². The highest BCUT2D eigenvalue weighted by atomic mass is 16.3. The lowest BCUT2D eigenvalue weighted by Gasteiger charge is -2.44. The summed E-state index contributed by atoms with van der Waals surface area (Å²) in [5.41, 5.74) is 4.19. The molecule has 31 heavy (non-hydrogen) atoms. The molecule has 0 aromatic heterocycles. The van der Waals surface area contributed by atoms with Gasteiger partial charge >= 0.3 is 0 Å². The fourth-order valence-electron chi connectivity index (χ4n) is 6.79. The maximum atomic E-state index is 10.2. The fourth-order valence-corrected chi connectivity index (χ4v) is 6.79. The zero-order valence-electron chi connectivity index (χ0n) is 21.1. The lowest BCUT2D eigenvalue weighted by Crippen LogP contribution is -2.36. The van der Waals surface area contributed by atoms with E-state index in [1.165, 1.54) is 44.9 Å². The van der Waals surface area contributed by atoms with Gasteiger partial charge in [-0.3, -0.25) is 0 Å². The molecule has 2 nitrogen and oxygen atoms in total. The molecule has 0 aromatic carbocycles. The van der Waals surface area contributed by atoms with E-state index < -0.39 is 12.2 Å². The van der Waals surface area contributed by atoms with Gasteiger partial charge in [-0.05, 0) is 91.4 Å². The van der Waals surface area contributed by atoms with Crippen LogP contribution in [0.5, 0.6) is 0 Å². The Hall–Kier alpha value is -0.860. The number of aliphatic hydroxyl groups is 2. The summed E-state index contributed by atoms with van der Waals surface area (Å²) in [6, 6.07) is 0. The molecule has 1 unspecified atom stereocenters. The standard InChI is InChI=1S/C29H48O2/c1-19(10-11-20(2)28(4,5)6)24-14-15-25-23(9-8-16-29(24,25)7)13-12-22-17-26(30)21(3)27(31)18-22/h12-13,19-20,24-27,30-31H,3,8-11,14-18H2,1-2,4-7H3/b23-13+/t19-,20-,24?,25-,26+,27+,29+/m0/s1. The monoisotopic (exact) mass is 428 g/mol. The molecule has 2 heteroatoms. The van der Waals surface area contributed by atoms with Gasteiger partial charge in [-0.25, -0.2) is 0 Å². The van der Waals surface area contributed by atoms with Crippen molar-refractivity contribution in [1.82, 2.24) is 0 Å². The molecular formula is C29H48O2. The molecule has 176 valence electrons. The molecule has 3 rings (SSSR count). The van der Waals surface area contributed by atoms with Gasteiger partial charge in [0, 0.05) is 0 Å². The number of allylic oxidation sites excluding steroid dienone is 3. The van der Waals surface area contributed by atoms with Gasteiger partial charge < -0.3 is 10.2 Å². The Morgan fingerprint density at radius 3 is 2.32 bits per heavy atom. The second-order valence-corrected chi connectivity index (χ2v) is 12.5. The topological polar surface area (TPSA) is 40.5 Å². The average molecular weight is 429 g/mol. The van der Waals surface area contributed by atoms with Gasteiger partial charge in [0.25, 0.3) is 0 Å². The molecule has 0 aliphatic heterocycles. The number of hydrogen-bond donors (Lipinski definition) is 2. The Kier molecular flexibility index (Phi) is 7.64. The SMILES string of the molecule is C=C1[C@H](O)CC(=C/C=C2\CCC[C@]3(C)C([C@@H](C)CC[C@H](C)C(C)(C)C)CC[C@@H]23)C[C@H]1O. The molecule has 0 saturated heterocycles. The molecule has 0 heterocycles. The summed E-state index contributed by atoms with van der Waals surface area (Å²) in [6.45, 7) is 18.5. The fraction of sp³-hybridized carbons (Fsp3) is 0.793. The summed E-state index contributed by atoms with van der Waals surface area (Å²) < 4.78 is 0.